The predicted molar refractivity (Wildman–Crippen MR) is 126 cm³/mol. The predicted octanol–water partition coefficient (Wildman–Crippen LogP) is 5.17. The molecular formula is C24H34N2O4S. The van der Waals surface area contributed by atoms with Gasteiger partial charge in [0, 0.05) is 30.8 Å². The maximum absolute atomic E-state index is 12.3. The van der Waals surface area contributed by atoms with Gasteiger partial charge in [-0.1, -0.05) is 12.1 Å². The van der Waals surface area contributed by atoms with Crippen LogP contribution >= 0.6 is 0 Å². The molecule has 2 aromatic carbocycles. The van der Waals surface area contributed by atoms with Gasteiger partial charge in [-0.05, 0) is 76.6 Å². The van der Waals surface area contributed by atoms with E-state index >= 15 is 0 Å². The van der Waals surface area contributed by atoms with Crippen LogP contribution in [0.25, 0.3) is 0 Å². The summed E-state index contributed by atoms with van der Waals surface area (Å²) in [4.78, 5) is 0. The highest BCUT2D eigenvalue weighted by Crippen LogP contribution is 2.25. The number of nitrogens with one attached hydrogen (secondary N) is 2. The molecule has 1 aliphatic rings. The second-order valence-electron chi connectivity index (χ2n) is 9.26. The molecular weight excluding hydrogens is 412 g/mol. The third kappa shape index (κ3) is 6.61. The molecule has 0 radical (unpaired) electrons. The van der Waals surface area contributed by atoms with Gasteiger partial charge in [-0.3, -0.25) is 4.72 Å². The summed E-state index contributed by atoms with van der Waals surface area (Å²) in [6.45, 7) is 9.84. The summed E-state index contributed by atoms with van der Waals surface area (Å²) in [6.07, 6.45) is 2.46. The molecule has 1 aliphatic heterocycles. The van der Waals surface area contributed by atoms with Gasteiger partial charge >= 0.3 is 0 Å². The topological polar surface area (TPSA) is 76.7 Å². The zero-order chi connectivity index (χ0) is 22.6. The molecule has 2 atom stereocenters. The zero-order valence-electron chi connectivity index (χ0n) is 19.0. The summed E-state index contributed by atoms with van der Waals surface area (Å²) in [6, 6.07) is 15.4. The van der Waals surface area contributed by atoms with Gasteiger partial charge in [0.25, 0.3) is 0 Å². The maximum Gasteiger partial charge on any atom is 0.237 e. The summed E-state index contributed by atoms with van der Waals surface area (Å²) in [5, 5.41) is 3.38. The lowest BCUT2D eigenvalue weighted by molar-refractivity contribution is -0.0721. The second-order valence-corrected chi connectivity index (χ2v) is 11.7. The van der Waals surface area contributed by atoms with Crippen LogP contribution in [0.1, 0.15) is 53.0 Å². The number of hydrogen-bond acceptors (Lipinski definition) is 5. The van der Waals surface area contributed by atoms with Crippen LogP contribution < -0.4 is 14.8 Å². The van der Waals surface area contributed by atoms with Crippen LogP contribution in [0.4, 0.5) is 11.4 Å². The van der Waals surface area contributed by atoms with E-state index in [1.54, 1.807) is 32.9 Å². The minimum atomic E-state index is -3.42. The molecule has 0 bridgehead atoms. The van der Waals surface area contributed by atoms with E-state index in [4.69, 9.17) is 9.47 Å². The highest BCUT2D eigenvalue weighted by atomic mass is 32.2. The fourth-order valence-corrected chi connectivity index (χ4v) is 4.24. The van der Waals surface area contributed by atoms with Crippen molar-refractivity contribution in [3.05, 3.63) is 54.1 Å². The minimum absolute atomic E-state index is 0.187. The van der Waals surface area contributed by atoms with E-state index in [2.05, 4.69) is 23.9 Å². The lowest BCUT2D eigenvalue weighted by atomic mass is 10.0. The molecule has 1 heterocycles. The molecule has 2 aromatic rings. The first-order valence-electron chi connectivity index (χ1n) is 10.8. The average Bonchev–Trinajstić information content (AvgIpc) is 2.67. The molecule has 31 heavy (non-hydrogen) atoms. The van der Waals surface area contributed by atoms with Crippen molar-refractivity contribution < 1.29 is 17.9 Å². The Bertz CT molecular complexity index is 941. The molecule has 2 N–H and O–H groups in total. The Morgan fingerprint density at radius 2 is 1.48 bits per heavy atom. The van der Waals surface area contributed by atoms with Gasteiger partial charge in [-0.25, -0.2) is 8.42 Å². The van der Waals surface area contributed by atoms with E-state index in [0.29, 0.717) is 12.2 Å². The van der Waals surface area contributed by atoms with Gasteiger partial charge in [-0.2, -0.15) is 0 Å². The van der Waals surface area contributed by atoms with Gasteiger partial charge in [0.1, 0.15) is 11.9 Å². The van der Waals surface area contributed by atoms with Gasteiger partial charge in [-0.15, -0.1) is 0 Å². The number of ether oxygens (including phenoxy) is 2. The Morgan fingerprint density at radius 1 is 0.935 bits per heavy atom. The Hall–Kier alpha value is -2.25. The number of hydrogen-bond donors (Lipinski definition) is 2. The van der Waals surface area contributed by atoms with Gasteiger partial charge in [0.05, 0.1) is 17.0 Å². The SMILES string of the molecule is CC1CC(Oc2ccc(NCc3ccc(NS(=O)(=O)C(C)(C)C)cc3)cc2)CC(C)O1. The van der Waals surface area contributed by atoms with E-state index < -0.39 is 14.8 Å². The molecule has 3 rings (SSSR count). The molecule has 170 valence electrons. The summed E-state index contributed by atoms with van der Waals surface area (Å²) in [5.74, 6) is 0.868. The maximum atomic E-state index is 12.3. The smallest absolute Gasteiger partial charge is 0.237 e. The fourth-order valence-electron chi connectivity index (χ4n) is 3.49. The van der Waals surface area contributed by atoms with Crippen molar-refractivity contribution in [2.45, 2.75) is 77.1 Å². The van der Waals surface area contributed by atoms with E-state index in [0.717, 1.165) is 29.8 Å². The van der Waals surface area contributed by atoms with Crippen molar-refractivity contribution in [1.82, 2.24) is 0 Å². The monoisotopic (exact) mass is 446 g/mol. The molecule has 0 saturated carbocycles. The summed E-state index contributed by atoms with van der Waals surface area (Å²) in [7, 11) is -3.42. The van der Waals surface area contributed by atoms with Crippen molar-refractivity contribution >= 4 is 21.4 Å². The van der Waals surface area contributed by atoms with Crippen molar-refractivity contribution in [2.75, 3.05) is 10.0 Å². The normalized spacial score (nSPS) is 22.0. The Morgan fingerprint density at radius 3 is 2.03 bits per heavy atom. The summed E-state index contributed by atoms with van der Waals surface area (Å²) < 4.78 is 38.2. The van der Waals surface area contributed by atoms with Crippen molar-refractivity contribution in [1.29, 1.82) is 0 Å². The first kappa shape index (κ1) is 23.4. The number of benzene rings is 2. The van der Waals surface area contributed by atoms with Crippen LogP contribution in [0.5, 0.6) is 5.75 Å². The average molecular weight is 447 g/mol. The Labute approximate surface area is 186 Å². The molecule has 0 amide bonds. The van der Waals surface area contributed by atoms with Gasteiger partial charge < -0.3 is 14.8 Å². The molecule has 1 fully saturated rings. The lowest BCUT2D eigenvalue weighted by Crippen LogP contribution is -2.35. The molecule has 1 saturated heterocycles. The third-order valence-electron chi connectivity index (χ3n) is 5.32. The highest BCUT2D eigenvalue weighted by molar-refractivity contribution is 7.94. The van der Waals surface area contributed by atoms with Crippen LogP contribution in [0, 0.1) is 0 Å². The fraction of sp³-hybridized carbons (Fsp3) is 0.500. The molecule has 7 heteroatoms. The molecule has 0 spiro atoms. The van der Waals surface area contributed by atoms with Crippen LogP contribution in [0.2, 0.25) is 0 Å². The molecule has 0 aliphatic carbocycles. The standard InChI is InChI=1S/C24H34N2O4S/c1-17-14-23(15-18(2)29-17)30-22-12-10-20(11-13-22)25-16-19-6-8-21(9-7-19)26-31(27,28)24(3,4)5/h6-13,17-18,23,25-26H,14-16H2,1-5H3. The minimum Gasteiger partial charge on any atom is -0.490 e. The van der Waals surface area contributed by atoms with Crippen molar-refractivity contribution in [2.24, 2.45) is 0 Å². The number of anilines is 2. The van der Waals surface area contributed by atoms with Crippen molar-refractivity contribution in [3.63, 3.8) is 0 Å². The third-order valence-corrected chi connectivity index (χ3v) is 7.44. The van der Waals surface area contributed by atoms with Crippen LogP contribution in [0.3, 0.4) is 0 Å². The first-order valence-corrected chi connectivity index (χ1v) is 12.3. The van der Waals surface area contributed by atoms with E-state index in [1.165, 1.54) is 0 Å². The Kier molecular flexibility index (Phi) is 7.17. The quantitative estimate of drug-likeness (QED) is 0.613. The molecule has 2 unspecified atom stereocenters. The van der Waals surface area contributed by atoms with Crippen molar-refractivity contribution in [3.8, 4) is 5.75 Å². The van der Waals surface area contributed by atoms with Gasteiger partial charge in [0.2, 0.25) is 10.0 Å². The number of rotatable bonds is 7. The van der Waals surface area contributed by atoms with Crippen LogP contribution in [-0.4, -0.2) is 31.5 Å². The summed E-state index contributed by atoms with van der Waals surface area (Å²) in [5.41, 5.74) is 2.62. The van der Waals surface area contributed by atoms with E-state index in [-0.39, 0.29) is 18.3 Å². The van der Waals surface area contributed by atoms with Crippen LogP contribution in [0.15, 0.2) is 48.5 Å². The van der Waals surface area contributed by atoms with E-state index in [9.17, 15) is 8.42 Å². The second kappa shape index (κ2) is 9.49. The summed E-state index contributed by atoms with van der Waals surface area (Å²) >= 11 is 0. The number of sulfonamides is 1. The largest absolute Gasteiger partial charge is 0.490 e. The highest BCUT2D eigenvalue weighted by Gasteiger charge is 2.29. The Balaban J connectivity index is 1.51. The van der Waals surface area contributed by atoms with Crippen LogP contribution in [-0.2, 0) is 21.3 Å². The lowest BCUT2D eigenvalue weighted by Gasteiger charge is -2.32. The van der Waals surface area contributed by atoms with Gasteiger partial charge in [0.15, 0.2) is 0 Å². The zero-order valence-corrected chi connectivity index (χ0v) is 19.8. The molecule has 0 aromatic heterocycles. The first-order chi connectivity index (χ1) is 14.5. The molecule has 6 nitrogen and oxygen atoms in total. The van der Waals surface area contributed by atoms with E-state index in [1.807, 2.05) is 36.4 Å².